The number of rotatable bonds is 6. The maximum atomic E-state index is 12.6. The van der Waals surface area contributed by atoms with Crippen LogP contribution in [0.5, 0.6) is 11.5 Å². The maximum Gasteiger partial charge on any atom is 0.247 e. The van der Waals surface area contributed by atoms with Crippen LogP contribution in [-0.2, 0) is 16.6 Å². The van der Waals surface area contributed by atoms with Crippen LogP contribution in [0.4, 0.5) is 5.69 Å². The van der Waals surface area contributed by atoms with E-state index in [4.69, 9.17) is 9.47 Å². The average Bonchev–Trinajstić information content (AvgIpc) is 2.95. The summed E-state index contributed by atoms with van der Waals surface area (Å²) in [6, 6.07) is 5.23. The molecule has 0 spiro atoms. The fraction of sp³-hybridized carbons (Fsp3) is 0.381. The van der Waals surface area contributed by atoms with Crippen molar-refractivity contribution in [2.24, 2.45) is 7.05 Å². The minimum absolute atomic E-state index is 0.0425. The number of carbonyl (C=O) groups is 2. The third-order valence-corrected chi connectivity index (χ3v) is 4.81. The molecule has 2 amide bonds. The van der Waals surface area contributed by atoms with E-state index in [0.29, 0.717) is 36.9 Å². The summed E-state index contributed by atoms with van der Waals surface area (Å²) in [5, 5.41) is 7.14. The summed E-state index contributed by atoms with van der Waals surface area (Å²) in [7, 11) is 1.86. The van der Waals surface area contributed by atoms with Gasteiger partial charge in [0.2, 0.25) is 11.8 Å². The molecule has 0 radical (unpaired) electrons. The van der Waals surface area contributed by atoms with E-state index in [1.807, 2.05) is 27.8 Å². The van der Waals surface area contributed by atoms with E-state index >= 15 is 0 Å². The molecule has 1 aliphatic heterocycles. The third kappa shape index (κ3) is 4.77. The van der Waals surface area contributed by atoms with Gasteiger partial charge in [-0.05, 0) is 39.0 Å². The monoisotopic (exact) mass is 398 g/mol. The Morgan fingerprint density at radius 3 is 2.62 bits per heavy atom. The number of aromatic nitrogens is 2. The molecule has 2 aromatic rings. The molecule has 0 saturated heterocycles. The van der Waals surface area contributed by atoms with E-state index in [1.54, 1.807) is 29.0 Å². The van der Waals surface area contributed by atoms with Crippen molar-refractivity contribution in [2.75, 3.05) is 31.6 Å². The Morgan fingerprint density at radius 2 is 1.97 bits per heavy atom. The van der Waals surface area contributed by atoms with Crippen molar-refractivity contribution in [3.05, 3.63) is 41.2 Å². The van der Waals surface area contributed by atoms with Gasteiger partial charge in [0.15, 0.2) is 11.5 Å². The molecule has 8 nitrogen and oxygen atoms in total. The first-order valence-corrected chi connectivity index (χ1v) is 9.55. The van der Waals surface area contributed by atoms with Gasteiger partial charge in [0.1, 0.15) is 19.8 Å². The molecule has 0 unspecified atom stereocenters. The van der Waals surface area contributed by atoms with E-state index in [2.05, 4.69) is 10.4 Å². The van der Waals surface area contributed by atoms with Crippen molar-refractivity contribution in [3.8, 4) is 11.5 Å². The number of fused-ring (bicyclic) bond motifs is 1. The molecular formula is C21H26N4O4. The van der Waals surface area contributed by atoms with Gasteiger partial charge in [-0.25, -0.2) is 0 Å². The smallest absolute Gasteiger partial charge is 0.247 e. The molecule has 0 aliphatic carbocycles. The Morgan fingerprint density at radius 1 is 1.24 bits per heavy atom. The molecule has 0 bridgehead atoms. The molecule has 0 fully saturated rings. The van der Waals surface area contributed by atoms with Gasteiger partial charge in [-0.15, -0.1) is 0 Å². The molecular weight excluding hydrogens is 372 g/mol. The molecule has 1 aromatic carbocycles. The van der Waals surface area contributed by atoms with Crippen LogP contribution in [-0.4, -0.2) is 52.8 Å². The molecule has 1 aliphatic rings. The van der Waals surface area contributed by atoms with Crippen LogP contribution < -0.4 is 14.8 Å². The number of nitrogens with zero attached hydrogens (tertiary/aromatic N) is 3. The van der Waals surface area contributed by atoms with Gasteiger partial charge in [-0.2, -0.15) is 5.10 Å². The lowest BCUT2D eigenvalue weighted by Crippen LogP contribution is -2.36. The van der Waals surface area contributed by atoms with Gasteiger partial charge in [0.25, 0.3) is 0 Å². The van der Waals surface area contributed by atoms with Gasteiger partial charge >= 0.3 is 0 Å². The number of carbonyl (C=O) groups excluding carboxylic acids is 2. The molecule has 0 saturated carbocycles. The topological polar surface area (TPSA) is 85.7 Å². The number of aryl methyl sites for hydroxylation is 2. The number of ether oxygens (including phenoxy) is 2. The predicted octanol–water partition coefficient (Wildman–Crippen LogP) is 2.31. The van der Waals surface area contributed by atoms with Gasteiger partial charge in [0, 0.05) is 42.7 Å². The first-order chi connectivity index (χ1) is 13.9. The summed E-state index contributed by atoms with van der Waals surface area (Å²) in [5.74, 6) is 0.750. The highest BCUT2D eigenvalue weighted by atomic mass is 16.6. The van der Waals surface area contributed by atoms with Crippen LogP contribution in [0.2, 0.25) is 0 Å². The van der Waals surface area contributed by atoms with Gasteiger partial charge < -0.3 is 19.7 Å². The van der Waals surface area contributed by atoms with Crippen molar-refractivity contribution in [1.82, 2.24) is 14.7 Å². The summed E-state index contributed by atoms with van der Waals surface area (Å²) in [4.78, 5) is 26.5. The molecule has 29 heavy (non-hydrogen) atoms. The van der Waals surface area contributed by atoms with Crippen LogP contribution in [0.25, 0.3) is 6.08 Å². The summed E-state index contributed by atoms with van der Waals surface area (Å²) in [6.07, 6.45) is 3.24. The summed E-state index contributed by atoms with van der Waals surface area (Å²) < 4.78 is 12.8. The van der Waals surface area contributed by atoms with E-state index < -0.39 is 0 Å². The number of nitrogens with one attached hydrogen (secondary N) is 1. The third-order valence-electron chi connectivity index (χ3n) is 4.81. The molecule has 1 aromatic heterocycles. The quantitative estimate of drug-likeness (QED) is 0.755. The van der Waals surface area contributed by atoms with Gasteiger partial charge in [0.05, 0.1) is 5.69 Å². The van der Waals surface area contributed by atoms with Crippen molar-refractivity contribution in [3.63, 3.8) is 0 Å². The van der Waals surface area contributed by atoms with Crippen molar-refractivity contribution in [1.29, 1.82) is 0 Å². The number of benzene rings is 1. The van der Waals surface area contributed by atoms with Gasteiger partial charge in [-0.1, -0.05) is 0 Å². The van der Waals surface area contributed by atoms with E-state index in [9.17, 15) is 9.59 Å². The second kappa shape index (κ2) is 8.81. The SMILES string of the molecule is CCN(CC(=O)Nc1ccc2c(c1)OCCO2)C(=O)C=Cc1c(C)nn(C)c1C. The minimum atomic E-state index is -0.279. The largest absolute Gasteiger partial charge is 0.486 e. The highest BCUT2D eigenvalue weighted by Gasteiger charge is 2.16. The molecule has 0 atom stereocenters. The number of hydrogen-bond donors (Lipinski definition) is 1. The fourth-order valence-corrected chi connectivity index (χ4v) is 3.13. The van der Waals surface area contributed by atoms with E-state index in [1.165, 1.54) is 11.0 Å². The second-order valence-corrected chi connectivity index (χ2v) is 6.80. The zero-order valence-corrected chi connectivity index (χ0v) is 17.2. The van der Waals surface area contributed by atoms with Crippen molar-refractivity contribution < 1.29 is 19.1 Å². The Labute approximate surface area is 170 Å². The zero-order valence-electron chi connectivity index (χ0n) is 17.2. The molecule has 2 heterocycles. The standard InChI is InChI=1S/C21H26N4O4/c1-5-25(21(27)9-7-17-14(2)23-24(4)15(17)3)13-20(26)22-16-6-8-18-19(12-16)29-11-10-28-18/h6-9,12H,5,10-11,13H2,1-4H3,(H,22,26). The van der Waals surface area contributed by atoms with Crippen LogP contribution in [0.3, 0.4) is 0 Å². The van der Waals surface area contributed by atoms with E-state index in [0.717, 1.165) is 17.0 Å². The number of anilines is 1. The molecule has 3 rings (SSSR count). The van der Waals surface area contributed by atoms with Gasteiger partial charge in [-0.3, -0.25) is 14.3 Å². The van der Waals surface area contributed by atoms with E-state index in [-0.39, 0.29) is 18.4 Å². The van der Waals surface area contributed by atoms with Crippen molar-refractivity contribution >= 4 is 23.6 Å². The lowest BCUT2D eigenvalue weighted by Gasteiger charge is -2.20. The van der Waals surface area contributed by atoms with Crippen LogP contribution in [0.1, 0.15) is 23.9 Å². The maximum absolute atomic E-state index is 12.6. The first-order valence-electron chi connectivity index (χ1n) is 9.55. The Kier molecular flexibility index (Phi) is 6.21. The summed E-state index contributed by atoms with van der Waals surface area (Å²) in [5.41, 5.74) is 3.34. The first kappa shape index (κ1) is 20.4. The number of likely N-dealkylation sites (N-methyl/N-ethyl adjacent to an activating group) is 1. The summed E-state index contributed by atoms with van der Waals surface area (Å²) in [6.45, 7) is 7.05. The number of hydrogen-bond acceptors (Lipinski definition) is 5. The fourth-order valence-electron chi connectivity index (χ4n) is 3.13. The number of amides is 2. The Hall–Kier alpha value is -3.29. The van der Waals surface area contributed by atoms with Crippen LogP contribution >= 0.6 is 0 Å². The van der Waals surface area contributed by atoms with Crippen molar-refractivity contribution in [2.45, 2.75) is 20.8 Å². The molecule has 1 N–H and O–H groups in total. The van der Waals surface area contributed by atoms with Crippen LogP contribution in [0.15, 0.2) is 24.3 Å². The predicted molar refractivity (Wildman–Crippen MR) is 110 cm³/mol. The summed E-state index contributed by atoms with van der Waals surface area (Å²) >= 11 is 0. The second-order valence-electron chi connectivity index (χ2n) is 6.80. The normalized spacial score (nSPS) is 12.8. The minimum Gasteiger partial charge on any atom is -0.486 e. The molecule has 8 heteroatoms. The highest BCUT2D eigenvalue weighted by molar-refractivity contribution is 5.98. The lowest BCUT2D eigenvalue weighted by molar-refractivity contribution is -0.130. The highest BCUT2D eigenvalue weighted by Crippen LogP contribution is 2.32. The lowest BCUT2D eigenvalue weighted by atomic mass is 10.2. The Balaban J connectivity index is 1.62. The molecule has 154 valence electrons. The Bertz CT molecular complexity index is 948. The zero-order chi connectivity index (χ0) is 21.0. The average molecular weight is 398 g/mol. The van der Waals surface area contributed by atoms with Crippen LogP contribution in [0, 0.1) is 13.8 Å².